The van der Waals surface area contributed by atoms with E-state index in [2.05, 4.69) is 10.3 Å². The van der Waals surface area contributed by atoms with Gasteiger partial charge in [0.25, 0.3) is 0 Å². The zero-order chi connectivity index (χ0) is 11.3. The molecule has 1 rings (SSSR count). The molecular weight excluding hydrogens is 261 g/mol. The molecule has 1 aromatic heterocycles. The van der Waals surface area contributed by atoms with Crippen molar-refractivity contribution in [3.63, 3.8) is 0 Å². The number of aromatic nitrogens is 1. The summed E-state index contributed by atoms with van der Waals surface area (Å²) in [5.74, 6) is -0.117. The topological polar surface area (TPSA) is 68.0 Å². The highest BCUT2D eigenvalue weighted by Gasteiger charge is 2.14. The van der Waals surface area contributed by atoms with E-state index in [1.165, 1.54) is 0 Å². The Morgan fingerprint density at radius 3 is 2.65 bits per heavy atom. The molecule has 98 valence electrons. The van der Waals surface area contributed by atoms with Crippen molar-refractivity contribution in [3.05, 3.63) is 30.1 Å². The summed E-state index contributed by atoms with van der Waals surface area (Å²) in [6.07, 6.45) is 4.09. The van der Waals surface area contributed by atoms with Gasteiger partial charge in [0, 0.05) is 12.4 Å². The van der Waals surface area contributed by atoms with E-state index in [1.807, 2.05) is 26.0 Å². The lowest BCUT2D eigenvalue weighted by Crippen LogP contribution is -2.41. The van der Waals surface area contributed by atoms with Crippen molar-refractivity contribution in [2.45, 2.75) is 32.4 Å². The van der Waals surface area contributed by atoms with Gasteiger partial charge < -0.3 is 11.1 Å². The summed E-state index contributed by atoms with van der Waals surface area (Å²) >= 11 is 0. The Labute approximate surface area is 114 Å². The molecule has 0 spiro atoms. The smallest absolute Gasteiger partial charge is 0.237 e. The normalized spacial score (nSPS) is 12.6. The first kappa shape index (κ1) is 18.5. The van der Waals surface area contributed by atoms with Crippen LogP contribution >= 0.6 is 24.8 Å². The van der Waals surface area contributed by atoms with Crippen molar-refractivity contribution in [2.75, 3.05) is 0 Å². The Morgan fingerprint density at radius 2 is 2.18 bits per heavy atom. The number of hydrogen-bond donors (Lipinski definition) is 2. The fraction of sp³-hybridized carbons (Fsp3) is 0.455. The molecule has 0 bridgehead atoms. The van der Waals surface area contributed by atoms with Crippen LogP contribution in [0.4, 0.5) is 0 Å². The second kappa shape index (κ2) is 9.22. The average Bonchev–Trinajstić information content (AvgIpc) is 2.29. The fourth-order valence-corrected chi connectivity index (χ4v) is 1.22. The molecule has 4 nitrogen and oxygen atoms in total. The molecule has 6 heteroatoms. The van der Waals surface area contributed by atoms with Crippen LogP contribution in [0.5, 0.6) is 0 Å². The predicted octanol–water partition coefficient (Wildman–Crippen LogP) is 1.84. The lowest BCUT2D eigenvalue weighted by Gasteiger charge is -2.16. The van der Waals surface area contributed by atoms with E-state index in [0.29, 0.717) is 6.42 Å². The molecule has 0 radical (unpaired) electrons. The van der Waals surface area contributed by atoms with E-state index in [-0.39, 0.29) is 36.8 Å². The second-order valence-corrected chi connectivity index (χ2v) is 3.53. The van der Waals surface area contributed by atoms with Gasteiger partial charge >= 0.3 is 0 Å². The minimum Gasteiger partial charge on any atom is -0.348 e. The number of nitrogens with zero attached hydrogens (tertiary/aromatic N) is 1. The lowest BCUT2D eigenvalue weighted by atomic mass is 10.1. The lowest BCUT2D eigenvalue weighted by molar-refractivity contribution is -0.123. The molecule has 3 N–H and O–H groups in total. The summed E-state index contributed by atoms with van der Waals surface area (Å²) in [5, 5.41) is 2.84. The largest absolute Gasteiger partial charge is 0.348 e. The number of nitrogens with two attached hydrogens (primary N) is 1. The van der Waals surface area contributed by atoms with Gasteiger partial charge in [0.1, 0.15) is 0 Å². The van der Waals surface area contributed by atoms with Crippen LogP contribution < -0.4 is 11.1 Å². The number of carbonyl (C=O) groups is 1. The maximum absolute atomic E-state index is 11.5. The second-order valence-electron chi connectivity index (χ2n) is 3.53. The zero-order valence-corrected chi connectivity index (χ0v) is 11.6. The maximum Gasteiger partial charge on any atom is 0.237 e. The molecule has 1 amide bonds. The molecule has 0 aliphatic rings. The number of halogens is 2. The Morgan fingerprint density at radius 1 is 1.53 bits per heavy atom. The SMILES string of the molecule is CC[C@H](N)C(=O)N[C@@H](C)c1cccnc1.Cl.Cl. The molecule has 0 unspecified atom stereocenters. The Hall–Kier alpha value is -0.840. The van der Waals surface area contributed by atoms with Gasteiger partial charge in [-0.15, -0.1) is 24.8 Å². The van der Waals surface area contributed by atoms with Crippen molar-refractivity contribution in [1.29, 1.82) is 0 Å². The van der Waals surface area contributed by atoms with Crippen LogP contribution in [0.1, 0.15) is 31.9 Å². The molecule has 0 fully saturated rings. The maximum atomic E-state index is 11.5. The van der Waals surface area contributed by atoms with E-state index in [4.69, 9.17) is 5.73 Å². The standard InChI is InChI=1S/C11H17N3O.2ClH/c1-3-10(12)11(15)14-8(2)9-5-4-6-13-7-9;;/h4-8,10H,3,12H2,1-2H3,(H,14,15);2*1H/t8-,10-;;/m0../s1. The van der Waals surface area contributed by atoms with Gasteiger partial charge in [0.05, 0.1) is 12.1 Å². The monoisotopic (exact) mass is 279 g/mol. The predicted molar refractivity (Wildman–Crippen MR) is 73.6 cm³/mol. The summed E-state index contributed by atoms with van der Waals surface area (Å²) in [7, 11) is 0. The number of carbonyl (C=O) groups excluding carboxylic acids is 1. The Kier molecular flexibility index (Phi) is 10.0. The highest BCUT2D eigenvalue weighted by Crippen LogP contribution is 2.09. The first-order valence-electron chi connectivity index (χ1n) is 5.11. The van der Waals surface area contributed by atoms with Gasteiger partial charge in [-0.3, -0.25) is 9.78 Å². The van der Waals surface area contributed by atoms with Crippen LogP contribution in [-0.4, -0.2) is 16.9 Å². The first-order chi connectivity index (χ1) is 7.15. The molecule has 1 aromatic rings. The van der Waals surface area contributed by atoms with Crippen LogP contribution in [0.2, 0.25) is 0 Å². The van der Waals surface area contributed by atoms with Crippen LogP contribution in [0.25, 0.3) is 0 Å². The van der Waals surface area contributed by atoms with Crippen LogP contribution in [-0.2, 0) is 4.79 Å². The zero-order valence-electron chi connectivity index (χ0n) is 9.92. The molecule has 0 aliphatic heterocycles. The fourth-order valence-electron chi connectivity index (χ4n) is 1.22. The number of rotatable bonds is 4. The van der Waals surface area contributed by atoms with Gasteiger partial charge in [-0.05, 0) is 25.0 Å². The van der Waals surface area contributed by atoms with Crippen molar-refractivity contribution >= 4 is 30.7 Å². The molecule has 1 heterocycles. The third-order valence-corrected chi connectivity index (χ3v) is 2.32. The third-order valence-electron chi connectivity index (χ3n) is 2.32. The summed E-state index contributed by atoms with van der Waals surface area (Å²) in [4.78, 5) is 15.5. The summed E-state index contributed by atoms with van der Waals surface area (Å²) in [6.45, 7) is 3.80. The third kappa shape index (κ3) is 5.86. The number of hydrogen-bond acceptors (Lipinski definition) is 3. The van der Waals surface area contributed by atoms with Gasteiger partial charge in [-0.2, -0.15) is 0 Å². The van der Waals surface area contributed by atoms with Gasteiger partial charge in [0.15, 0.2) is 0 Å². The molecule has 17 heavy (non-hydrogen) atoms. The van der Waals surface area contributed by atoms with E-state index >= 15 is 0 Å². The van der Waals surface area contributed by atoms with Crippen molar-refractivity contribution in [3.8, 4) is 0 Å². The molecule has 0 saturated heterocycles. The van der Waals surface area contributed by atoms with Crippen LogP contribution in [0.3, 0.4) is 0 Å². The van der Waals surface area contributed by atoms with E-state index in [9.17, 15) is 4.79 Å². The van der Waals surface area contributed by atoms with E-state index in [0.717, 1.165) is 5.56 Å². The highest BCUT2D eigenvalue weighted by molar-refractivity contribution is 5.85. The minimum absolute atomic E-state index is 0. The first-order valence-corrected chi connectivity index (χ1v) is 5.11. The van der Waals surface area contributed by atoms with Gasteiger partial charge in [-0.25, -0.2) is 0 Å². The molecule has 0 saturated carbocycles. The average molecular weight is 280 g/mol. The summed E-state index contributed by atoms with van der Waals surface area (Å²) in [6, 6.07) is 3.29. The van der Waals surface area contributed by atoms with E-state index < -0.39 is 6.04 Å². The Bertz CT molecular complexity index is 322. The van der Waals surface area contributed by atoms with Crippen molar-refractivity contribution in [2.24, 2.45) is 5.73 Å². The number of amides is 1. The summed E-state index contributed by atoms with van der Waals surface area (Å²) < 4.78 is 0. The van der Waals surface area contributed by atoms with Gasteiger partial charge in [-0.1, -0.05) is 13.0 Å². The van der Waals surface area contributed by atoms with Crippen molar-refractivity contribution < 1.29 is 4.79 Å². The highest BCUT2D eigenvalue weighted by atomic mass is 35.5. The van der Waals surface area contributed by atoms with Crippen LogP contribution in [0.15, 0.2) is 24.5 Å². The quantitative estimate of drug-likeness (QED) is 0.884. The molecular formula is C11H19Cl2N3O. The molecule has 0 aliphatic carbocycles. The molecule has 0 aromatic carbocycles. The molecule has 2 atom stereocenters. The minimum atomic E-state index is -0.427. The number of nitrogens with one attached hydrogen (secondary N) is 1. The van der Waals surface area contributed by atoms with E-state index in [1.54, 1.807) is 12.4 Å². The Balaban J connectivity index is 0. The van der Waals surface area contributed by atoms with Gasteiger partial charge in [0.2, 0.25) is 5.91 Å². The number of pyridine rings is 1. The summed E-state index contributed by atoms with van der Waals surface area (Å²) in [5.41, 5.74) is 6.60. The van der Waals surface area contributed by atoms with Crippen molar-refractivity contribution in [1.82, 2.24) is 10.3 Å². The van der Waals surface area contributed by atoms with Crippen LogP contribution in [0, 0.1) is 0 Å².